The molecule has 7 heteroatoms. The SMILES string of the molecule is O=C(O)c1cccc2c1N(S(=O)(=O)c1ccccc1Cl)CC2. The molecule has 0 radical (unpaired) electrons. The standard InChI is InChI=1S/C15H12ClNO4S/c16-12-6-1-2-7-13(12)22(20,21)17-9-8-10-4-3-5-11(14(10)17)15(18)19/h1-7H,8-9H2,(H,18,19). The van der Waals surface area contributed by atoms with E-state index >= 15 is 0 Å². The number of hydrogen-bond donors (Lipinski definition) is 1. The first kappa shape index (κ1) is 14.9. The van der Waals surface area contributed by atoms with Crippen molar-refractivity contribution in [3.05, 3.63) is 58.6 Å². The van der Waals surface area contributed by atoms with E-state index in [4.69, 9.17) is 11.6 Å². The van der Waals surface area contributed by atoms with Crippen molar-refractivity contribution in [1.82, 2.24) is 0 Å². The second-order valence-electron chi connectivity index (χ2n) is 4.88. The van der Waals surface area contributed by atoms with Gasteiger partial charge in [0.05, 0.1) is 16.3 Å². The Labute approximate surface area is 132 Å². The topological polar surface area (TPSA) is 74.7 Å². The highest BCUT2D eigenvalue weighted by molar-refractivity contribution is 7.93. The normalized spacial score (nSPS) is 14.0. The average molecular weight is 338 g/mol. The van der Waals surface area contributed by atoms with Crippen molar-refractivity contribution in [2.24, 2.45) is 0 Å². The highest BCUT2D eigenvalue weighted by Gasteiger charge is 2.35. The summed E-state index contributed by atoms with van der Waals surface area (Å²) in [5, 5.41) is 9.42. The van der Waals surface area contributed by atoms with E-state index in [1.54, 1.807) is 24.3 Å². The second kappa shape index (κ2) is 5.30. The predicted molar refractivity (Wildman–Crippen MR) is 83.1 cm³/mol. The van der Waals surface area contributed by atoms with Crippen molar-refractivity contribution in [3.8, 4) is 0 Å². The monoisotopic (exact) mass is 337 g/mol. The summed E-state index contributed by atoms with van der Waals surface area (Å²) in [5.74, 6) is -1.15. The van der Waals surface area contributed by atoms with E-state index in [1.165, 1.54) is 18.2 Å². The number of halogens is 1. The molecule has 1 aliphatic rings. The van der Waals surface area contributed by atoms with E-state index in [0.29, 0.717) is 12.0 Å². The van der Waals surface area contributed by atoms with Crippen LogP contribution in [0.2, 0.25) is 5.02 Å². The molecule has 0 unspecified atom stereocenters. The van der Waals surface area contributed by atoms with Gasteiger partial charge in [-0.2, -0.15) is 0 Å². The summed E-state index contributed by atoms with van der Waals surface area (Å²) >= 11 is 5.99. The first-order valence-electron chi connectivity index (χ1n) is 6.55. The number of hydrogen-bond acceptors (Lipinski definition) is 3. The van der Waals surface area contributed by atoms with E-state index in [-0.39, 0.29) is 27.7 Å². The minimum absolute atomic E-state index is 0.0226. The fraction of sp³-hybridized carbons (Fsp3) is 0.133. The molecule has 0 saturated carbocycles. The quantitative estimate of drug-likeness (QED) is 0.934. The molecule has 0 saturated heterocycles. The molecule has 0 amide bonds. The van der Waals surface area contributed by atoms with E-state index in [2.05, 4.69) is 0 Å². The van der Waals surface area contributed by atoms with Gasteiger partial charge in [-0.05, 0) is 30.2 Å². The van der Waals surface area contributed by atoms with Crippen molar-refractivity contribution in [2.45, 2.75) is 11.3 Å². The number of benzene rings is 2. The van der Waals surface area contributed by atoms with Crippen LogP contribution in [-0.4, -0.2) is 26.0 Å². The van der Waals surface area contributed by atoms with E-state index in [9.17, 15) is 18.3 Å². The van der Waals surface area contributed by atoms with Gasteiger partial charge in [-0.15, -0.1) is 0 Å². The molecule has 1 heterocycles. The van der Waals surface area contributed by atoms with Crippen molar-refractivity contribution < 1.29 is 18.3 Å². The van der Waals surface area contributed by atoms with Crippen molar-refractivity contribution >= 4 is 33.3 Å². The molecule has 5 nitrogen and oxygen atoms in total. The third-order valence-corrected chi connectivity index (χ3v) is 5.89. The van der Waals surface area contributed by atoms with Crippen LogP contribution in [0.5, 0.6) is 0 Å². The fourth-order valence-corrected chi connectivity index (χ4v) is 4.63. The number of carboxylic acid groups (broad SMARTS) is 1. The Kier molecular flexibility index (Phi) is 3.58. The largest absolute Gasteiger partial charge is 0.478 e. The van der Waals surface area contributed by atoms with Gasteiger partial charge < -0.3 is 5.11 Å². The Morgan fingerprint density at radius 3 is 2.55 bits per heavy atom. The lowest BCUT2D eigenvalue weighted by Crippen LogP contribution is -2.30. The summed E-state index contributed by atoms with van der Waals surface area (Å²) in [5.41, 5.74) is 0.913. The summed E-state index contributed by atoms with van der Waals surface area (Å²) in [4.78, 5) is 11.4. The zero-order valence-corrected chi connectivity index (χ0v) is 12.9. The Balaban J connectivity index is 2.18. The number of rotatable bonds is 3. The molecule has 0 fully saturated rings. The van der Waals surface area contributed by atoms with Gasteiger partial charge in [-0.1, -0.05) is 35.9 Å². The molecule has 0 aromatic heterocycles. The molecule has 0 atom stereocenters. The maximum Gasteiger partial charge on any atom is 0.337 e. The van der Waals surface area contributed by atoms with Crippen LogP contribution < -0.4 is 4.31 Å². The molecule has 22 heavy (non-hydrogen) atoms. The number of nitrogens with zero attached hydrogens (tertiary/aromatic N) is 1. The van der Waals surface area contributed by atoms with Crippen LogP contribution in [-0.2, 0) is 16.4 Å². The number of para-hydroxylation sites is 1. The van der Waals surface area contributed by atoms with Gasteiger partial charge in [0.1, 0.15) is 4.90 Å². The minimum Gasteiger partial charge on any atom is -0.478 e. The first-order chi connectivity index (χ1) is 10.4. The van der Waals surface area contributed by atoms with Gasteiger partial charge in [-0.25, -0.2) is 13.2 Å². The molecule has 114 valence electrons. The number of anilines is 1. The maximum absolute atomic E-state index is 12.8. The third-order valence-electron chi connectivity index (χ3n) is 3.59. The summed E-state index contributed by atoms with van der Waals surface area (Å²) < 4.78 is 26.8. The third kappa shape index (κ3) is 2.24. The van der Waals surface area contributed by atoms with Gasteiger partial charge in [0, 0.05) is 6.54 Å². The summed E-state index contributed by atoms with van der Waals surface area (Å²) in [6, 6.07) is 10.9. The molecule has 0 aliphatic carbocycles. The molecule has 1 N–H and O–H groups in total. The lowest BCUT2D eigenvalue weighted by Gasteiger charge is -2.21. The van der Waals surface area contributed by atoms with Gasteiger partial charge >= 0.3 is 5.97 Å². The Bertz CT molecular complexity index is 864. The summed E-state index contributed by atoms with van der Waals surface area (Å²) in [6.07, 6.45) is 0.472. The minimum atomic E-state index is -3.90. The molecule has 0 spiro atoms. The Morgan fingerprint density at radius 1 is 1.14 bits per heavy atom. The second-order valence-corrected chi connectivity index (χ2v) is 7.11. The lowest BCUT2D eigenvalue weighted by molar-refractivity contribution is 0.0698. The number of carboxylic acids is 1. The highest BCUT2D eigenvalue weighted by atomic mass is 35.5. The van der Waals surface area contributed by atoms with Gasteiger partial charge in [0.25, 0.3) is 10.0 Å². The zero-order valence-electron chi connectivity index (χ0n) is 11.4. The predicted octanol–water partition coefficient (Wildman–Crippen LogP) is 2.79. The number of aromatic carboxylic acids is 1. The van der Waals surface area contributed by atoms with Crippen LogP contribution in [0.15, 0.2) is 47.4 Å². The molecular formula is C15H12ClNO4S. The van der Waals surface area contributed by atoms with Gasteiger partial charge in [0.2, 0.25) is 0 Å². The van der Waals surface area contributed by atoms with Crippen LogP contribution in [0.1, 0.15) is 15.9 Å². The van der Waals surface area contributed by atoms with Crippen LogP contribution in [0.3, 0.4) is 0 Å². The van der Waals surface area contributed by atoms with Crippen LogP contribution in [0, 0.1) is 0 Å². The molecule has 3 rings (SSSR count). The van der Waals surface area contributed by atoms with Crippen molar-refractivity contribution in [2.75, 3.05) is 10.8 Å². The van der Waals surface area contributed by atoms with E-state index < -0.39 is 16.0 Å². The van der Waals surface area contributed by atoms with Crippen LogP contribution >= 0.6 is 11.6 Å². The van der Waals surface area contributed by atoms with Crippen LogP contribution in [0.4, 0.5) is 5.69 Å². The van der Waals surface area contributed by atoms with Crippen molar-refractivity contribution in [1.29, 1.82) is 0 Å². The summed E-state index contributed by atoms with van der Waals surface area (Å²) in [7, 11) is -3.90. The smallest absolute Gasteiger partial charge is 0.337 e. The first-order valence-corrected chi connectivity index (χ1v) is 8.37. The number of sulfonamides is 1. The average Bonchev–Trinajstić information content (AvgIpc) is 2.91. The molecule has 2 aromatic carbocycles. The zero-order chi connectivity index (χ0) is 15.9. The molecular weight excluding hydrogens is 326 g/mol. The number of fused-ring (bicyclic) bond motifs is 1. The van der Waals surface area contributed by atoms with Crippen LogP contribution in [0.25, 0.3) is 0 Å². The van der Waals surface area contributed by atoms with Gasteiger partial charge in [0.15, 0.2) is 0 Å². The fourth-order valence-electron chi connectivity index (χ4n) is 2.61. The van der Waals surface area contributed by atoms with Crippen molar-refractivity contribution in [3.63, 3.8) is 0 Å². The van der Waals surface area contributed by atoms with E-state index in [0.717, 1.165) is 4.31 Å². The Hall–Kier alpha value is -2.05. The summed E-state index contributed by atoms with van der Waals surface area (Å²) in [6.45, 7) is 0.202. The number of carbonyl (C=O) groups is 1. The lowest BCUT2D eigenvalue weighted by atomic mass is 10.1. The molecule has 1 aliphatic heterocycles. The van der Waals surface area contributed by atoms with E-state index in [1.807, 2.05) is 0 Å². The highest BCUT2D eigenvalue weighted by Crippen LogP contribution is 2.37. The Morgan fingerprint density at radius 2 is 1.86 bits per heavy atom. The molecule has 0 bridgehead atoms. The molecule has 2 aromatic rings. The van der Waals surface area contributed by atoms with Gasteiger partial charge in [-0.3, -0.25) is 4.31 Å². The maximum atomic E-state index is 12.8.